The van der Waals surface area contributed by atoms with Gasteiger partial charge >= 0.3 is 10.8 Å². The fraction of sp³-hybridized carbons (Fsp3) is 0.417. The lowest BCUT2D eigenvalue weighted by Gasteiger charge is -2.25. The number of aromatic hydroxyl groups is 1. The van der Waals surface area contributed by atoms with Crippen LogP contribution in [-0.2, 0) is 22.4 Å². The Morgan fingerprint density at radius 3 is 2.46 bits per heavy atom. The second-order valence-electron chi connectivity index (χ2n) is 12.0. The van der Waals surface area contributed by atoms with Gasteiger partial charge in [0.05, 0.1) is 4.70 Å². The van der Waals surface area contributed by atoms with E-state index in [-0.39, 0.29) is 22.3 Å². The van der Waals surface area contributed by atoms with Gasteiger partial charge in [0.25, 0.3) is 0 Å². The maximum atomic E-state index is 13.6. The van der Waals surface area contributed by atoms with Crippen molar-refractivity contribution in [2.24, 2.45) is 0 Å². The summed E-state index contributed by atoms with van der Waals surface area (Å²) in [5, 5.41) is 34.0. The van der Waals surface area contributed by atoms with E-state index in [1.54, 1.807) is 48.5 Å². The number of halogens is 1. The van der Waals surface area contributed by atoms with Gasteiger partial charge < -0.3 is 35.8 Å². The Labute approximate surface area is 283 Å². The Morgan fingerprint density at radius 1 is 0.958 bits per heavy atom. The molecule has 0 spiro atoms. The van der Waals surface area contributed by atoms with E-state index in [1.165, 1.54) is 25.3 Å². The number of carboxylic acid groups (broad SMARTS) is 1. The van der Waals surface area contributed by atoms with Crippen LogP contribution in [0, 0.1) is 5.82 Å². The quantitative estimate of drug-likeness (QED) is 0.0984. The monoisotopic (exact) mass is 680 g/mol. The van der Waals surface area contributed by atoms with E-state index in [1.807, 2.05) is 12.1 Å². The van der Waals surface area contributed by atoms with Crippen LogP contribution in [0.25, 0.3) is 10.2 Å². The molecule has 5 rings (SSSR count). The lowest BCUT2D eigenvalue weighted by Crippen LogP contribution is -2.40. The predicted molar refractivity (Wildman–Crippen MR) is 186 cm³/mol. The zero-order valence-electron chi connectivity index (χ0n) is 27.0. The van der Waals surface area contributed by atoms with Crippen molar-refractivity contribution in [3.05, 3.63) is 98.9 Å². The topological polar surface area (TPSA) is 155 Å². The maximum Gasteiger partial charge on any atom is 0.337 e. The summed E-state index contributed by atoms with van der Waals surface area (Å²) in [4.78, 5) is 39.3. The van der Waals surface area contributed by atoms with Crippen molar-refractivity contribution in [1.29, 1.82) is 0 Å². The first-order chi connectivity index (χ1) is 23.2. The number of aromatic nitrogens is 1. The lowest BCUT2D eigenvalue weighted by atomic mass is 9.95. The highest BCUT2D eigenvalue weighted by Crippen LogP contribution is 2.27. The molecule has 1 unspecified atom stereocenters. The van der Waals surface area contributed by atoms with Gasteiger partial charge in [0.15, 0.2) is 6.10 Å². The van der Waals surface area contributed by atoms with E-state index in [9.17, 15) is 23.9 Å². The highest BCUT2D eigenvalue weighted by Gasteiger charge is 2.17. The molecule has 1 fully saturated rings. The van der Waals surface area contributed by atoms with Gasteiger partial charge in [0, 0.05) is 38.6 Å². The summed E-state index contributed by atoms with van der Waals surface area (Å²) >= 11 is 1.12. The van der Waals surface area contributed by atoms with Crippen molar-refractivity contribution in [2.45, 2.75) is 63.5 Å². The minimum Gasteiger partial charge on any atom is -0.506 e. The van der Waals surface area contributed by atoms with E-state index in [4.69, 9.17) is 10.2 Å². The molecule has 4 aromatic rings. The summed E-state index contributed by atoms with van der Waals surface area (Å²) in [5.41, 5.74) is 2.87. The van der Waals surface area contributed by atoms with E-state index < -0.39 is 12.1 Å². The van der Waals surface area contributed by atoms with Crippen LogP contribution in [0.3, 0.4) is 0 Å². The summed E-state index contributed by atoms with van der Waals surface area (Å²) < 4.78 is 14.4. The maximum absolute atomic E-state index is 13.6. The normalized spacial score (nSPS) is 14.0. The number of phenolic OH excluding ortho intramolecular Hbond substituents is 1. The van der Waals surface area contributed by atoms with Crippen LogP contribution in [0.2, 0.25) is 0 Å². The van der Waals surface area contributed by atoms with Crippen molar-refractivity contribution in [2.75, 3.05) is 32.7 Å². The number of hydrogen-bond donors (Lipinski definition) is 6. The Morgan fingerprint density at radius 2 is 1.73 bits per heavy atom. The first-order valence-corrected chi connectivity index (χ1v) is 17.3. The molecule has 0 aliphatic heterocycles. The van der Waals surface area contributed by atoms with Gasteiger partial charge in [0.1, 0.15) is 17.1 Å². The van der Waals surface area contributed by atoms with E-state index >= 15 is 0 Å². The van der Waals surface area contributed by atoms with Gasteiger partial charge in [-0.25, -0.2) is 9.18 Å². The molecular formula is C36H45FN4O6S. The van der Waals surface area contributed by atoms with E-state index in [0.717, 1.165) is 79.0 Å². The van der Waals surface area contributed by atoms with Crippen molar-refractivity contribution >= 4 is 33.4 Å². The zero-order valence-corrected chi connectivity index (χ0v) is 27.8. The third-order valence-corrected chi connectivity index (χ3v) is 9.35. The van der Waals surface area contributed by atoms with Crippen LogP contribution in [0.1, 0.15) is 61.3 Å². The van der Waals surface area contributed by atoms with Crippen molar-refractivity contribution in [3.63, 3.8) is 0 Å². The minimum absolute atomic E-state index is 0.0894. The average molecular weight is 681 g/mol. The number of aliphatic hydroxyl groups is 1. The van der Waals surface area contributed by atoms with Gasteiger partial charge in [-0.05, 0) is 67.1 Å². The van der Waals surface area contributed by atoms with Crippen LogP contribution in [0.15, 0.2) is 71.5 Å². The number of amides is 1. The van der Waals surface area contributed by atoms with Crippen molar-refractivity contribution < 1.29 is 29.3 Å². The Hall–Kier alpha value is -4.10. The third-order valence-electron chi connectivity index (χ3n) is 8.40. The minimum atomic E-state index is -1.41. The van der Waals surface area contributed by atoms with Crippen LogP contribution in [-0.4, -0.2) is 75.8 Å². The molecule has 1 aliphatic rings. The van der Waals surface area contributed by atoms with Gasteiger partial charge in [-0.1, -0.05) is 79.1 Å². The number of carbonyl (C=O) groups excluding carboxylic acids is 1. The molecule has 6 N–H and O–H groups in total. The molecule has 1 saturated carbocycles. The van der Waals surface area contributed by atoms with Crippen LogP contribution < -0.4 is 15.5 Å². The standard InChI is InChI=1S/C28H37FN4O3S.C8H8O3/c29-22-6-4-5-20(19-22)12-16-33(17-13-25(35)31-23-7-2-1-3-8-23)18-15-30-14-11-21-9-10-24(34)26-27(21)37-28(36)32-26;9-7(8(10)11)6-4-2-1-3-5-6/h4-6,9-10,19,23,30,34H,1-3,7-8,11-18H2,(H,31,35)(H,32,36);1-5,7,9H,(H,10,11). The van der Waals surface area contributed by atoms with Gasteiger partial charge in [-0.3, -0.25) is 9.59 Å². The van der Waals surface area contributed by atoms with Crippen LogP contribution in [0.4, 0.5) is 4.39 Å². The number of carboxylic acids is 1. The second-order valence-corrected chi connectivity index (χ2v) is 13.0. The highest BCUT2D eigenvalue weighted by molar-refractivity contribution is 7.16. The third kappa shape index (κ3) is 11.9. The first kappa shape index (κ1) is 36.7. The Balaban J connectivity index is 0.000000401. The molecule has 1 amide bonds. The summed E-state index contributed by atoms with van der Waals surface area (Å²) in [5.74, 6) is -1.26. The molecular weight excluding hydrogens is 635 g/mol. The molecule has 3 aromatic carbocycles. The highest BCUT2D eigenvalue weighted by atomic mass is 32.1. The summed E-state index contributed by atoms with van der Waals surface area (Å²) in [6.07, 6.45) is 6.29. The average Bonchev–Trinajstić information content (AvgIpc) is 3.49. The number of aromatic amines is 1. The Bertz CT molecular complexity index is 1660. The largest absolute Gasteiger partial charge is 0.506 e. The number of aliphatic carboxylic acids is 1. The number of hydrogen-bond acceptors (Lipinski definition) is 8. The molecule has 0 bridgehead atoms. The smallest absolute Gasteiger partial charge is 0.337 e. The fourth-order valence-electron chi connectivity index (χ4n) is 5.75. The zero-order chi connectivity index (χ0) is 34.3. The second kappa shape index (κ2) is 19.0. The predicted octanol–water partition coefficient (Wildman–Crippen LogP) is 4.75. The number of thiazole rings is 1. The molecule has 48 heavy (non-hydrogen) atoms. The first-order valence-electron chi connectivity index (χ1n) is 16.5. The number of H-pyrrole nitrogens is 1. The molecule has 12 heteroatoms. The summed E-state index contributed by atoms with van der Waals surface area (Å²) in [6, 6.07) is 18.7. The number of nitrogens with zero attached hydrogens (tertiary/aromatic N) is 1. The number of phenols is 1. The molecule has 258 valence electrons. The SMILES string of the molecule is O=C(CCN(CCNCCc1ccc(O)c2[nH]c(=O)sc12)CCc1cccc(F)c1)NC1CCCCC1.O=C(O)C(O)c1ccccc1. The number of fused-ring (bicyclic) bond motifs is 1. The van der Waals surface area contributed by atoms with Gasteiger partial charge in [-0.15, -0.1) is 0 Å². The van der Waals surface area contributed by atoms with Crippen molar-refractivity contribution in [3.8, 4) is 5.75 Å². The summed E-state index contributed by atoms with van der Waals surface area (Å²) in [6.45, 7) is 3.65. The van der Waals surface area contributed by atoms with Gasteiger partial charge in [-0.2, -0.15) is 0 Å². The number of benzene rings is 3. The number of carbonyl (C=O) groups is 2. The number of rotatable bonds is 15. The molecule has 0 radical (unpaired) electrons. The molecule has 1 aliphatic carbocycles. The van der Waals surface area contributed by atoms with Crippen LogP contribution >= 0.6 is 11.3 Å². The van der Waals surface area contributed by atoms with Crippen LogP contribution in [0.5, 0.6) is 5.75 Å². The molecule has 0 saturated heterocycles. The van der Waals surface area contributed by atoms with Crippen molar-refractivity contribution in [1.82, 2.24) is 20.5 Å². The van der Waals surface area contributed by atoms with E-state index in [2.05, 4.69) is 20.5 Å². The molecule has 1 heterocycles. The lowest BCUT2D eigenvalue weighted by molar-refractivity contribution is -0.147. The fourth-order valence-corrected chi connectivity index (χ4v) is 6.65. The Kier molecular flexibility index (Phi) is 14.6. The van der Waals surface area contributed by atoms with Gasteiger partial charge in [0.2, 0.25) is 5.91 Å². The molecule has 10 nitrogen and oxygen atoms in total. The molecule has 1 atom stereocenters. The number of aliphatic hydroxyl groups excluding tert-OH is 1. The number of nitrogens with one attached hydrogen (secondary N) is 3. The summed E-state index contributed by atoms with van der Waals surface area (Å²) in [7, 11) is 0. The van der Waals surface area contributed by atoms with E-state index in [0.29, 0.717) is 30.1 Å². The molecule has 1 aromatic heterocycles.